The molecule has 0 spiro atoms. The van der Waals surface area contributed by atoms with Gasteiger partial charge in [-0.15, -0.1) is 0 Å². The van der Waals surface area contributed by atoms with Crippen molar-refractivity contribution in [2.75, 3.05) is 0 Å². The van der Waals surface area contributed by atoms with Gasteiger partial charge in [0.25, 0.3) is 0 Å². The maximum atomic E-state index is 12.2. The molecule has 0 aliphatic heterocycles. The van der Waals surface area contributed by atoms with Gasteiger partial charge in [-0.1, -0.05) is 35.3 Å². The largest absolute Gasteiger partial charge is 0.241 e. The molecule has 2 aromatic rings. The molecular weight excluding hydrogens is 317 g/mol. The second-order valence-electron chi connectivity index (χ2n) is 4.35. The number of hydrogen-bond acceptors (Lipinski definition) is 2. The van der Waals surface area contributed by atoms with Crippen LogP contribution in [0.5, 0.6) is 0 Å². The molecule has 0 radical (unpaired) electrons. The van der Waals surface area contributed by atoms with Gasteiger partial charge in [0.2, 0.25) is 10.0 Å². The van der Waals surface area contributed by atoms with Crippen LogP contribution in [0, 0.1) is 0 Å². The molecule has 1 unspecified atom stereocenters. The van der Waals surface area contributed by atoms with Crippen molar-refractivity contribution in [2.24, 2.45) is 0 Å². The van der Waals surface area contributed by atoms with E-state index in [0.717, 1.165) is 5.56 Å². The van der Waals surface area contributed by atoms with Gasteiger partial charge in [0, 0.05) is 16.1 Å². The molecule has 2 rings (SSSR count). The zero-order valence-electron chi connectivity index (χ0n) is 10.7. The normalized spacial score (nSPS) is 13.2. The molecule has 0 saturated carbocycles. The van der Waals surface area contributed by atoms with E-state index in [0.29, 0.717) is 10.0 Å². The monoisotopic (exact) mass is 329 g/mol. The van der Waals surface area contributed by atoms with Crippen molar-refractivity contribution in [3.63, 3.8) is 0 Å². The van der Waals surface area contributed by atoms with Gasteiger partial charge in [0.05, 0.1) is 4.90 Å². The van der Waals surface area contributed by atoms with Crippen molar-refractivity contribution in [1.29, 1.82) is 0 Å². The lowest BCUT2D eigenvalue weighted by molar-refractivity contribution is 0.567. The molecule has 0 aliphatic carbocycles. The molecule has 1 N–H and O–H groups in total. The minimum Gasteiger partial charge on any atom is -0.207 e. The molecule has 0 aromatic heterocycles. The number of rotatable bonds is 4. The minimum absolute atomic E-state index is 0.183. The summed E-state index contributed by atoms with van der Waals surface area (Å²) < 4.78 is 27.0. The van der Waals surface area contributed by atoms with Crippen LogP contribution in [0.25, 0.3) is 0 Å². The van der Waals surface area contributed by atoms with Crippen molar-refractivity contribution in [1.82, 2.24) is 4.72 Å². The average Bonchev–Trinajstić information content (AvgIpc) is 2.39. The minimum atomic E-state index is -3.58. The van der Waals surface area contributed by atoms with Crippen LogP contribution in [0.1, 0.15) is 18.5 Å². The van der Waals surface area contributed by atoms with Gasteiger partial charge in [-0.05, 0) is 48.9 Å². The Labute approximate surface area is 128 Å². The van der Waals surface area contributed by atoms with Crippen LogP contribution in [-0.4, -0.2) is 8.42 Å². The lowest BCUT2D eigenvalue weighted by Crippen LogP contribution is -2.26. The highest BCUT2D eigenvalue weighted by molar-refractivity contribution is 7.89. The van der Waals surface area contributed by atoms with Crippen molar-refractivity contribution in [3.8, 4) is 0 Å². The predicted molar refractivity (Wildman–Crippen MR) is 81.6 cm³/mol. The molecule has 1 atom stereocenters. The molecule has 6 heteroatoms. The summed E-state index contributed by atoms with van der Waals surface area (Å²) in [6.45, 7) is 1.77. The highest BCUT2D eigenvalue weighted by atomic mass is 35.5. The van der Waals surface area contributed by atoms with E-state index >= 15 is 0 Å². The summed E-state index contributed by atoms with van der Waals surface area (Å²) in [4.78, 5) is 0.183. The summed E-state index contributed by atoms with van der Waals surface area (Å²) in [6, 6.07) is 12.7. The highest BCUT2D eigenvalue weighted by Crippen LogP contribution is 2.20. The van der Waals surface area contributed by atoms with Gasteiger partial charge < -0.3 is 0 Å². The molecular formula is C14H13Cl2NO2S. The number of halogens is 2. The quantitative estimate of drug-likeness (QED) is 0.920. The Hall–Kier alpha value is -1.07. The Morgan fingerprint density at radius 3 is 1.85 bits per heavy atom. The molecule has 106 valence electrons. The maximum absolute atomic E-state index is 12.2. The van der Waals surface area contributed by atoms with E-state index in [1.165, 1.54) is 12.1 Å². The summed E-state index contributed by atoms with van der Waals surface area (Å²) >= 11 is 11.6. The van der Waals surface area contributed by atoms with Gasteiger partial charge in [-0.2, -0.15) is 0 Å². The van der Waals surface area contributed by atoms with Crippen molar-refractivity contribution < 1.29 is 8.42 Å². The molecule has 0 bridgehead atoms. The van der Waals surface area contributed by atoms with Gasteiger partial charge in [-0.3, -0.25) is 0 Å². The van der Waals surface area contributed by atoms with Gasteiger partial charge in [-0.25, -0.2) is 13.1 Å². The van der Waals surface area contributed by atoms with Crippen LogP contribution in [-0.2, 0) is 10.0 Å². The Bertz CT molecular complexity index is 682. The van der Waals surface area contributed by atoms with Gasteiger partial charge in [0.1, 0.15) is 0 Å². The smallest absolute Gasteiger partial charge is 0.207 e. The molecule has 0 heterocycles. The maximum Gasteiger partial charge on any atom is 0.241 e. The van der Waals surface area contributed by atoms with Crippen molar-refractivity contribution in [3.05, 3.63) is 64.1 Å². The van der Waals surface area contributed by atoms with E-state index < -0.39 is 10.0 Å². The molecule has 3 nitrogen and oxygen atoms in total. The lowest BCUT2D eigenvalue weighted by atomic mass is 10.1. The van der Waals surface area contributed by atoms with E-state index in [-0.39, 0.29) is 10.9 Å². The topological polar surface area (TPSA) is 46.2 Å². The fourth-order valence-electron chi connectivity index (χ4n) is 1.73. The number of nitrogens with one attached hydrogen (secondary N) is 1. The van der Waals surface area contributed by atoms with Crippen molar-refractivity contribution >= 4 is 33.2 Å². The second-order valence-corrected chi connectivity index (χ2v) is 6.94. The standard InChI is InChI=1S/C14H13Cl2NO2S/c1-10(11-2-4-12(15)5-3-11)17-20(18,19)14-8-6-13(16)7-9-14/h2-10,17H,1H3. The molecule has 2 aromatic carbocycles. The van der Waals surface area contributed by atoms with E-state index in [1.54, 1.807) is 43.3 Å². The van der Waals surface area contributed by atoms with Crippen LogP contribution in [0.4, 0.5) is 0 Å². The first-order chi connectivity index (χ1) is 9.38. The van der Waals surface area contributed by atoms with Crippen molar-refractivity contribution in [2.45, 2.75) is 17.9 Å². The molecule has 0 fully saturated rings. The van der Waals surface area contributed by atoms with Crippen LogP contribution in [0.15, 0.2) is 53.4 Å². The fourth-order valence-corrected chi connectivity index (χ4v) is 3.22. The van der Waals surface area contributed by atoms with Gasteiger partial charge in [0.15, 0.2) is 0 Å². The van der Waals surface area contributed by atoms with E-state index in [9.17, 15) is 8.42 Å². The lowest BCUT2D eigenvalue weighted by Gasteiger charge is -2.14. The van der Waals surface area contributed by atoms with Crippen LogP contribution >= 0.6 is 23.2 Å². The van der Waals surface area contributed by atoms with E-state index in [1.807, 2.05) is 0 Å². The third kappa shape index (κ3) is 3.73. The summed E-state index contributed by atoms with van der Waals surface area (Å²) in [5.74, 6) is 0. The third-order valence-electron chi connectivity index (χ3n) is 2.83. The van der Waals surface area contributed by atoms with Crippen LogP contribution < -0.4 is 4.72 Å². The Morgan fingerprint density at radius 2 is 1.35 bits per heavy atom. The van der Waals surface area contributed by atoms with Crippen LogP contribution in [0.2, 0.25) is 10.0 Å². The van der Waals surface area contributed by atoms with E-state index in [4.69, 9.17) is 23.2 Å². The first-order valence-corrected chi connectivity index (χ1v) is 8.16. The summed E-state index contributed by atoms with van der Waals surface area (Å²) in [6.07, 6.45) is 0. The van der Waals surface area contributed by atoms with Gasteiger partial charge >= 0.3 is 0 Å². The van der Waals surface area contributed by atoms with E-state index in [2.05, 4.69) is 4.72 Å². The summed E-state index contributed by atoms with van der Waals surface area (Å²) in [7, 11) is -3.58. The average molecular weight is 330 g/mol. The number of sulfonamides is 1. The predicted octanol–water partition coefficient (Wildman–Crippen LogP) is 4.03. The zero-order valence-corrected chi connectivity index (χ0v) is 13.0. The second kappa shape index (κ2) is 6.14. The molecule has 0 amide bonds. The molecule has 0 saturated heterocycles. The number of hydrogen-bond donors (Lipinski definition) is 1. The van der Waals surface area contributed by atoms with Crippen LogP contribution in [0.3, 0.4) is 0 Å². The summed E-state index contributed by atoms with van der Waals surface area (Å²) in [5.41, 5.74) is 0.840. The Morgan fingerprint density at radius 1 is 0.900 bits per heavy atom. The molecule has 0 aliphatic rings. The SMILES string of the molecule is CC(NS(=O)(=O)c1ccc(Cl)cc1)c1ccc(Cl)cc1. The first-order valence-electron chi connectivity index (χ1n) is 5.92. The summed E-state index contributed by atoms with van der Waals surface area (Å²) in [5, 5.41) is 1.11. The Balaban J connectivity index is 2.19. The third-order valence-corrected chi connectivity index (χ3v) is 4.89. The number of benzene rings is 2. The Kier molecular flexibility index (Phi) is 4.70. The molecule has 20 heavy (non-hydrogen) atoms. The fraction of sp³-hybridized carbons (Fsp3) is 0.143. The zero-order chi connectivity index (χ0) is 14.8. The highest BCUT2D eigenvalue weighted by Gasteiger charge is 2.18. The first kappa shape index (κ1) is 15.3.